The molecule has 1 amide bonds. The highest BCUT2D eigenvalue weighted by Crippen LogP contribution is 2.30. The largest absolute Gasteiger partial charge is 0.495 e. The third kappa shape index (κ3) is 3.74. The molecule has 0 bridgehead atoms. The number of anilines is 1. The molecule has 9 heteroatoms. The predicted octanol–water partition coefficient (Wildman–Crippen LogP) is 2.94. The van der Waals surface area contributed by atoms with E-state index in [-0.39, 0.29) is 23.2 Å². The van der Waals surface area contributed by atoms with Crippen LogP contribution < -0.4 is 10.1 Å². The van der Waals surface area contributed by atoms with Gasteiger partial charge in [0, 0.05) is 13.1 Å². The maximum absolute atomic E-state index is 13.7. The number of carbonyl (C=O) groups excluding carboxylic acids is 1. The van der Waals surface area contributed by atoms with E-state index < -0.39 is 21.8 Å². The molecule has 1 aromatic carbocycles. The van der Waals surface area contributed by atoms with Crippen LogP contribution in [0, 0.1) is 11.7 Å². The van der Waals surface area contributed by atoms with E-state index in [1.165, 1.54) is 16.8 Å². The van der Waals surface area contributed by atoms with Crippen molar-refractivity contribution in [2.24, 2.45) is 5.92 Å². The second kappa shape index (κ2) is 7.73. The number of piperidine rings is 1. The topological polar surface area (TPSA) is 75.7 Å². The second-order valence-electron chi connectivity index (χ2n) is 5.95. The number of hydrogen-bond donors (Lipinski definition) is 1. The Labute approximate surface area is 155 Å². The van der Waals surface area contributed by atoms with Crippen molar-refractivity contribution in [1.82, 2.24) is 4.31 Å². The van der Waals surface area contributed by atoms with Crippen molar-refractivity contribution in [3.63, 3.8) is 0 Å². The number of sulfonamides is 1. The van der Waals surface area contributed by atoms with E-state index in [2.05, 4.69) is 5.32 Å². The summed E-state index contributed by atoms with van der Waals surface area (Å²) in [5, 5.41) is 4.19. The van der Waals surface area contributed by atoms with Crippen LogP contribution in [-0.2, 0) is 14.8 Å². The SMILES string of the molecule is COc1ccccc1NC(=O)C1CCCN(S(=O)(=O)c2sccc2F)C1. The normalized spacial score (nSPS) is 18.5. The predicted molar refractivity (Wildman–Crippen MR) is 97.4 cm³/mol. The van der Waals surface area contributed by atoms with Crippen molar-refractivity contribution in [2.75, 3.05) is 25.5 Å². The maximum atomic E-state index is 13.7. The lowest BCUT2D eigenvalue weighted by Gasteiger charge is -2.30. The molecule has 1 saturated heterocycles. The molecule has 1 aliphatic heterocycles. The number of amides is 1. The fourth-order valence-corrected chi connectivity index (χ4v) is 5.69. The number of benzene rings is 1. The van der Waals surface area contributed by atoms with Crippen LogP contribution in [0.1, 0.15) is 12.8 Å². The number of thiophene rings is 1. The number of rotatable bonds is 5. The van der Waals surface area contributed by atoms with Crippen molar-refractivity contribution in [3.8, 4) is 5.75 Å². The first-order valence-corrected chi connectivity index (χ1v) is 10.4. The van der Waals surface area contributed by atoms with Crippen molar-refractivity contribution in [2.45, 2.75) is 17.1 Å². The summed E-state index contributed by atoms with van der Waals surface area (Å²) < 4.78 is 45.1. The van der Waals surface area contributed by atoms with E-state index in [0.29, 0.717) is 24.3 Å². The average molecular weight is 398 g/mol. The van der Waals surface area contributed by atoms with E-state index in [9.17, 15) is 17.6 Å². The highest BCUT2D eigenvalue weighted by molar-refractivity contribution is 7.91. The van der Waals surface area contributed by atoms with Crippen LogP contribution in [0.2, 0.25) is 0 Å². The molecule has 1 fully saturated rings. The van der Waals surface area contributed by atoms with Crippen molar-refractivity contribution in [1.29, 1.82) is 0 Å². The van der Waals surface area contributed by atoms with Crippen LogP contribution in [0.25, 0.3) is 0 Å². The molecule has 0 radical (unpaired) electrons. The molecule has 0 spiro atoms. The molecular formula is C17H19FN2O4S2. The first-order chi connectivity index (χ1) is 12.4. The Kier molecular flexibility index (Phi) is 5.59. The van der Waals surface area contributed by atoms with Gasteiger partial charge < -0.3 is 10.1 Å². The molecular weight excluding hydrogens is 379 g/mol. The molecule has 1 aliphatic rings. The molecule has 2 aromatic rings. The molecule has 0 aliphatic carbocycles. The summed E-state index contributed by atoms with van der Waals surface area (Å²) >= 11 is 0.846. The Morgan fingerprint density at radius 1 is 1.35 bits per heavy atom. The van der Waals surface area contributed by atoms with Gasteiger partial charge in [-0.25, -0.2) is 12.8 Å². The number of methoxy groups -OCH3 is 1. The third-order valence-corrected chi connectivity index (χ3v) is 7.56. The minimum absolute atomic E-state index is 0.0284. The summed E-state index contributed by atoms with van der Waals surface area (Å²) in [5.41, 5.74) is 0.532. The van der Waals surface area contributed by atoms with Gasteiger partial charge in [-0.05, 0) is 36.4 Å². The molecule has 3 rings (SSSR count). The summed E-state index contributed by atoms with van der Waals surface area (Å²) in [4.78, 5) is 12.6. The summed E-state index contributed by atoms with van der Waals surface area (Å²) in [6, 6.07) is 8.14. The van der Waals surface area contributed by atoms with Gasteiger partial charge in [-0.1, -0.05) is 12.1 Å². The minimum atomic E-state index is -3.93. The van der Waals surface area contributed by atoms with Gasteiger partial charge in [0.2, 0.25) is 5.91 Å². The lowest BCUT2D eigenvalue weighted by Crippen LogP contribution is -2.43. The Morgan fingerprint density at radius 3 is 2.81 bits per heavy atom. The van der Waals surface area contributed by atoms with Gasteiger partial charge in [0.15, 0.2) is 10.0 Å². The number of halogens is 1. The Balaban J connectivity index is 1.74. The lowest BCUT2D eigenvalue weighted by molar-refractivity contribution is -0.120. The maximum Gasteiger partial charge on any atom is 0.255 e. The van der Waals surface area contributed by atoms with Crippen LogP contribution in [0.4, 0.5) is 10.1 Å². The summed E-state index contributed by atoms with van der Waals surface area (Å²) in [6.45, 7) is 0.304. The smallest absolute Gasteiger partial charge is 0.255 e. The molecule has 1 atom stereocenters. The Hall–Kier alpha value is -1.97. The zero-order valence-corrected chi connectivity index (χ0v) is 15.8. The van der Waals surface area contributed by atoms with Gasteiger partial charge in [-0.3, -0.25) is 4.79 Å². The standard InChI is InChI=1S/C17H19FN2O4S2/c1-24-15-7-3-2-6-14(15)19-16(21)12-5-4-9-20(11-12)26(22,23)17-13(18)8-10-25-17/h2-3,6-8,10,12H,4-5,9,11H2,1H3,(H,19,21). The van der Waals surface area contributed by atoms with E-state index >= 15 is 0 Å². The van der Waals surface area contributed by atoms with Gasteiger partial charge in [0.1, 0.15) is 5.75 Å². The van der Waals surface area contributed by atoms with Crippen LogP contribution in [0.5, 0.6) is 5.75 Å². The van der Waals surface area contributed by atoms with Gasteiger partial charge in [-0.2, -0.15) is 4.31 Å². The van der Waals surface area contributed by atoms with Crippen LogP contribution in [-0.4, -0.2) is 38.8 Å². The van der Waals surface area contributed by atoms with Crippen LogP contribution in [0.3, 0.4) is 0 Å². The van der Waals surface area contributed by atoms with Crippen LogP contribution >= 0.6 is 11.3 Å². The van der Waals surface area contributed by atoms with Crippen molar-refractivity contribution < 1.29 is 22.3 Å². The van der Waals surface area contributed by atoms with Gasteiger partial charge in [-0.15, -0.1) is 11.3 Å². The highest BCUT2D eigenvalue weighted by Gasteiger charge is 2.35. The van der Waals surface area contributed by atoms with Crippen molar-refractivity contribution >= 4 is 33.0 Å². The molecule has 1 aromatic heterocycles. The van der Waals surface area contributed by atoms with E-state index in [4.69, 9.17) is 4.74 Å². The number of hydrogen-bond acceptors (Lipinski definition) is 5. The summed E-state index contributed by atoms with van der Waals surface area (Å²) in [6.07, 6.45) is 1.11. The lowest BCUT2D eigenvalue weighted by atomic mass is 9.98. The van der Waals surface area contributed by atoms with Crippen molar-refractivity contribution in [3.05, 3.63) is 41.5 Å². The molecule has 2 heterocycles. The molecule has 1 N–H and O–H groups in total. The zero-order valence-electron chi connectivity index (χ0n) is 14.1. The molecule has 140 valence electrons. The van der Waals surface area contributed by atoms with Gasteiger partial charge >= 0.3 is 0 Å². The van der Waals surface area contributed by atoms with Crippen LogP contribution in [0.15, 0.2) is 39.9 Å². The third-order valence-electron chi connectivity index (χ3n) is 4.28. The average Bonchev–Trinajstić information content (AvgIpc) is 3.09. The number of carbonyl (C=O) groups is 1. The fourth-order valence-electron chi connectivity index (χ4n) is 2.94. The number of nitrogens with zero attached hydrogens (tertiary/aromatic N) is 1. The molecule has 26 heavy (non-hydrogen) atoms. The molecule has 1 unspecified atom stereocenters. The van der Waals surface area contributed by atoms with E-state index in [0.717, 1.165) is 17.4 Å². The van der Waals surface area contributed by atoms with Gasteiger partial charge in [0.25, 0.3) is 10.0 Å². The molecule has 0 saturated carbocycles. The first kappa shape index (κ1) is 18.8. The number of ether oxygens (including phenoxy) is 1. The first-order valence-electron chi connectivity index (χ1n) is 8.10. The minimum Gasteiger partial charge on any atom is -0.495 e. The Bertz CT molecular complexity index is 898. The zero-order chi connectivity index (χ0) is 18.7. The highest BCUT2D eigenvalue weighted by atomic mass is 32.2. The Morgan fingerprint density at radius 2 is 2.12 bits per heavy atom. The second-order valence-corrected chi connectivity index (χ2v) is 9.00. The quantitative estimate of drug-likeness (QED) is 0.840. The van der Waals surface area contributed by atoms with E-state index in [1.54, 1.807) is 24.3 Å². The number of para-hydroxylation sites is 2. The van der Waals surface area contributed by atoms with Gasteiger partial charge in [0.05, 0.1) is 18.7 Å². The molecule has 6 nitrogen and oxygen atoms in total. The summed E-state index contributed by atoms with van der Waals surface area (Å²) in [7, 11) is -2.42. The fraction of sp³-hybridized carbons (Fsp3) is 0.353. The summed E-state index contributed by atoms with van der Waals surface area (Å²) in [5.74, 6) is -1.01. The number of nitrogens with one attached hydrogen (secondary N) is 1. The van der Waals surface area contributed by atoms with E-state index in [1.807, 2.05) is 0 Å². The monoisotopic (exact) mass is 398 g/mol.